The quantitative estimate of drug-likeness (QED) is 0.270. The zero-order chi connectivity index (χ0) is 21.6. The average Bonchev–Trinajstić information content (AvgIpc) is 3.26. The van der Waals surface area contributed by atoms with Crippen LogP contribution in [0.1, 0.15) is 33.1 Å². The second kappa shape index (κ2) is 9.68. The molecule has 0 aromatic carbocycles. The summed E-state index contributed by atoms with van der Waals surface area (Å²) < 4.78 is 1.66. The van der Waals surface area contributed by atoms with Crippen LogP contribution in [-0.4, -0.2) is 49.7 Å². The number of nitrogens with one attached hydrogen (secondary N) is 1. The van der Waals surface area contributed by atoms with Crippen LogP contribution >= 0.6 is 0 Å². The van der Waals surface area contributed by atoms with E-state index in [1.54, 1.807) is 29.9 Å². The summed E-state index contributed by atoms with van der Waals surface area (Å²) in [4.78, 5) is 38.1. The summed E-state index contributed by atoms with van der Waals surface area (Å²) in [5.41, 5.74) is 0.566. The number of carboxylic acid groups (broad SMARTS) is 1. The molecule has 1 saturated heterocycles. The van der Waals surface area contributed by atoms with Gasteiger partial charge in [-0.1, -0.05) is 12.5 Å². The number of aliphatic carboxylic acids is 1. The Morgan fingerprint density at radius 2 is 2.16 bits per heavy atom. The Bertz CT molecular complexity index is 953. The molecule has 10 heteroatoms. The molecule has 3 aliphatic rings. The summed E-state index contributed by atoms with van der Waals surface area (Å²) in [6, 6.07) is 1.36. The van der Waals surface area contributed by atoms with Crippen molar-refractivity contribution in [3.8, 4) is 0 Å². The van der Waals surface area contributed by atoms with Gasteiger partial charge < -0.3 is 25.2 Å². The SMILES string of the molecule is CCn1nccc1NC(=O)/C=C/[C@H]1CCC[C@H]2C1=C(C(=O)[O-])N1C(=O)[C@H]([C@@H](C)O)[C@@H]21.[K+]. The van der Waals surface area contributed by atoms with Crippen LogP contribution in [0.4, 0.5) is 5.82 Å². The predicted molar refractivity (Wildman–Crippen MR) is 104 cm³/mol. The van der Waals surface area contributed by atoms with Crippen LogP contribution in [-0.2, 0) is 20.9 Å². The fourth-order valence-corrected chi connectivity index (χ4v) is 5.18. The number of rotatable bonds is 6. The van der Waals surface area contributed by atoms with Crippen LogP contribution in [0, 0.1) is 17.8 Å². The van der Waals surface area contributed by atoms with Crippen molar-refractivity contribution in [2.75, 3.05) is 5.32 Å². The molecule has 1 aliphatic carbocycles. The van der Waals surface area contributed by atoms with Gasteiger partial charge in [0.2, 0.25) is 11.8 Å². The maximum absolute atomic E-state index is 12.5. The van der Waals surface area contributed by atoms with E-state index < -0.39 is 18.0 Å². The molecule has 0 spiro atoms. The number of allylic oxidation sites excluding steroid dienone is 1. The summed E-state index contributed by atoms with van der Waals surface area (Å²) >= 11 is 0. The molecule has 9 nitrogen and oxygen atoms in total. The van der Waals surface area contributed by atoms with Crippen LogP contribution in [0.2, 0.25) is 0 Å². The van der Waals surface area contributed by atoms with Gasteiger partial charge in [-0.2, -0.15) is 5.10 Å². The number of carbonyl (C=O) groups is 3. The number of carboxylic acids is 1. The van der Waals surface area contributed by atoms with E-state index in [0.29, 0.717) is 24.4 Å². The number of aliphatic hydroxyl groups excluding tert-OH is 1. The predicted octanol–water partition coefficient (Wildman–Crippen LogP) is -2.96. The van der Waals surface area contributed by atoms with Gasteiger partial charge in [-0.05, 0) is 38.3 Å². The molecule has 1 aromatic rings. The molecular formula is C21H25KN4O5. The molecule has 1 saturated carbocycles. The second-order valence-electron chi connectivity index (χ2n) is 8.08. The van der Waals surface area contributed by atoms with E-state index in [0.717, 1.165) is 12.8 Å². The van der Waals surface area contributed by atoms with Gasteiger partial charge in [0.05, 0.1) is 35.9 Å². The molecular weight excluding hydrogens is 427 g/mol. The van der Waals surface area contributed by atoms with E-state index in [2.05, 4.69) is 10.4 Å². The third-order valence-corrected chi connectivity index (χ3v) is 6.40. The number of amides is 2. The molecule has 0 unspecified atom stereocenters. The van der Waals surface area contributed by atoms with Gasteiger partial charge in [0.15, 0.2) is 0 Å². The second-order valence-corrected chi connectivity index (χ2v) is 8.08. The molecule has 5 atom stereocenters. The molecule has 1 aromatic heterocycles. The Morgan fingerprint density at radius 3 is 2.81 bits per heavy atom. The normalized spacial score (nSPS) is 28.0. The maximum Gasteiger partial charge on any atom is 1.00 e. The first kappa shape index (κ1) is 24.3. The summed E-state index contributed by atoms with van der Waals surface area (Å²) in [6.45, 7) is 4.09. The van der Waals surface area contributed by atoms with Crippen molar-refractivity contribution in [1.82, 2.24) is 14.7 Å². The molecule has 160 valence electrons. The Kier molecular flexibility index (Phi) is 7.60. The molecule has 31 heavy (non-hydrogen) atoms. The van der Waals surface area contributed by atoms with Crippen LogP contribution in [0.25, 0.3) is 0 Å². The van der Waals surface area contributed by atoms with E-state index in [-0.39, 0.29) is 86.8 Å². The van der Waals surface area contributed by atoms with Crippen molar-refractivity contribution < 1.29 is 76.0 Å². The number of carbonyl (C=O) groups excluding carboxylic acids is 3. The topological polar surface area (TPSA) is 128 Å². The van der Waals surface area contributed by atoms with Gasteiger partial charge in [0, 0.05) is 24.4 Å². The molecule has 3 heterocycles. The minimum atomic E-state index is -1.38. The fourth-order valence-electron chi connectivity index (χ4n) is 5.18. The minimum Gasteiger partial charge on any atom is -0.543 e. The van der Waals surface area contributed by atoms with Gasteiger partial charge >= 0.3 is 51.4 Å². The molecule has 2 amide bonds. The van der Waals surface area contributed by atoms with Gasteiger partial charge in [-0.15, -0.1) is 0 Å². The number of aryl methyl sites for hydroxylation is 1. The van der Waals surface area contributed by atoms with Crippen molar-refractivity contribution in [1.29, 1.82) is 0 Å². The summed E-state index contributed by atoms with van der Waals surface area (Å²) in [7, 11) is 0. The Hall–Kier alpha value is -1.30. The smallest absolute Gasteiger partial charge is 0.543 e. The number of anilines is 1. The van der Waals surface area contributed by atoms with Crippen molar-refractivity contribution >= 4 is 23.6 Å². The summed E-state index contributed by atoms with van der Waals surface area (Å²) in [5.74, 6) is -2.51. The number of β-lactam (4-membered cyclic amide) rings is 1. The number of fused-ring (bicyclic) bond motifs is 3. The van der Waals surface area contributed by atoms with Crippen LogP contribution in [0.15, 0.2) is 35.7 Å². The van der Waals surface area contributed by atoms with Gasteiger partial charge in [0.25, 0.3) is 0 Å². The first-order chi connectivity index (χ1) is 14.3. The maximum atomic E-state index is 12.5. The van der Waals surface area contributed by atoms with Gasteiger partial charge in [0.1, 0.15) is 5.82 Å². The van der Waals surface area contributed by atoms with Crippen molar-refractivity contribution in [2.24, 2.45) is 17.8 Å². The number of hydrogen-bond donors (Lipinski definition) is 2. The minimum absolute atomic E-state index is 0. The molecule has 0 radical (unpaired) electrons. The summed E-state index contributed by atoms with van der Waals surface area (Å²) in [6.07, 6.45) is 6.15. The van der Waals surface area contributed by atoms with E-state index >= 15 is 0 Å². The van der Waals surface area contributed by atoms with Crippen molar-refractivity contribution in [3.63, 3.8) is 0 Å². The Labute approximate surface area is 223 Å². The van der Waals surface area contributed by atoms with Crippen molar-refractivity contribution in [2.45, 2.75) is 51.8 Å². The van der Waals surface area contributed by atoms with Crippen LogP contribution in [0.3, 0.4) is 0 Å². The first-order valence-electron chi connectivity index (χ1n) is 10.3. The molecule has 2 N–H and O–H groups in total. The van der Waals surface area contributed by atoms with Crippen molar-refractivity contribution in [3.05, 3.63) is 35.7 Å². The Balaban J connectivity index is 0.00000272. The van der Waals surface area contributed by atoms with Gasteiger partial charge in [-0.3, -0.25) is 9.59 Å². The van der Waals surface area contributed by atoms with E-state index in [9.17, 15) is 24.6 Å². The number of hydrogen-bond acceptors (Lipinski definition) is 6. The van der Waals surface area contributed by atoms with Crippen LogP contribution < -0.4 is 61.8 Å². The number of nitrogens with zero attached hydrogens (tertiary/aromatic N) is 3. The molecule has 4 rings (SSSR count). The summed E-state index contributed by atoms with van der Waals surface area (Å²) in [5, 5.41) is 28.8. The van der Waals surface area contributed by atoms with E-state index in [1.807, 2.05) is 6.92 Å². The van der Waals surface area contributed by atoms with E-state index in [4.69, 9.17) is 0 Å². The largest absolute Gasteiger partial charge is 1.00 e. The molecule has 0 bridgehead atoms. The fraction of sp³-hybridized carbons (Fsp3) is 0.524. The van der Waals surface area contributed by atoms with Crippen LogP contribution in [0.5, 0.6) is 0 Å². The number of aliphatic hydroxyl groups is 1. The molecule has 2 aliphatic heterocycles. The third-order valence-electron chi connectivity index (χ3n) is 6.40. The zero-order valence-corrected chi connectivity index (χ0v) is 21.1. The standard InChI is InChI=1S/C21H26N4O5.K/c1-3-24-14(9-10-22-24)23-15(27)8-7-12-5-4-6-13-17(12)19(21(29)30)25-18(13)16(11(2)26)20(25)28;/h7-13,16,18,26H,3-6H2,1-2H3,(H,23,27)(H,29,30);/q;+1/p-1/b8-7+;/t11-,12-,13+,16-,18-;/m1./s1. The third kappa shape index (κ3) is 4.21. The van der Waals surface area contributed by atoms with Gasteiger partial charge in [-0.25, -0.2) is 4.68 Å². The monoisotopic (exact) mass is 452 g/mol. The Morgan fingerprint density at radius 1 is 1.42 bits per heavy atom. The molecule has 2 fully saturated rings. The zero-order valence-electron chi connectivity index (χ0n) is 17.9. The average molecular weight is 453 g/mol. The number of aromatic nitrogens is 2. The van der Waals surface area contributed by atoms with E-state index in [1.165, 1.54) is 11.0 Å². The first-order valence-corrected chi connectivity index (χ1v) is 10.3.